The molecule has 1 rings (SSSR count). The largest absolute Gasteiger partial charge is 0.393 e. The van der Waals surface area contributed by atoms with E-state index < -0.39 is 0 Å². The second kappa shape index (κ2) is 3.97. The van der Waals surface area contributed by atoms with Crippen LogP contribution in [-0.2, 0) is 0 Å². The molecule has 0 saturated heterocycles. The maximum absolute atomic E-state index is 9.29. The molecule has 0 fully saturated rings. The van der Waals surface area contributed by atoms with E-state index in [9.17, 15) is 5.11 Å². The standard InChI is InChI=1S/C11H19NO/c1-8-5-6-9(2)12(8)10(3)7-11(4)13/h5-6,10-11,13H,7H2,1-4H3. The van der Waals surface area contributed by atoms with Gasteiger partial charge in [-0.25, -0.2) is 0 Å². The second-order valence-electron chi connectivity index (χ2n) is 3.92. The number of rotatable bonds is 3. The SMILES string of the molecule is Cc1ccc(C)n1C(C)CC(C)O. The molecular formula is C11H19NO. The molecule has 0 aromatic carbocycles. The van der Waals surface area contributed by atoms with E-state index in [0.717, 1.165) is 6.42 Å². The van der Waals surface area contributed by atoms with Gasteiger partial charge in [-0.15, -0.1) is 0 Å². The fourth-order valence-electron chi connectivity index (χ4n) is 1.97. The molecule has 0 bridgehead atoms. The van der Waals surface area contributed by atoms with E-state index in [1.54, 1.807) is 0 Å². The monoisotopic (exact) mass is 181 g/mol. The minimum absolute atomic E-state index is 0.226. The van der Waals surface area contributed by atoms with E-state index in [0.29, 0.717) is 6.04 Å². The number of aliphatic hydroxyl groups is 1. The molecule has 1 heterocycles. The van der Waals surface area contributed by atoms with E-state index >= 15 is 0 Å². The van der Waals surface area contributed by atoms with Crippen LogP contribution >= 0.6 is 0 Å². The summed E-state index contributed by atoms with van der Waals surface area (Å²) in [7, 11) is 0. The van der Waals surface area contributed by atoms with Crippen LogP contribution in [0.3, 0.4) is 0 Å². The summed E-state index contributed by atoms with van der Waals surface area (Å²) in [5.74, 6) is 0. The summed E-state index contributed by atoms with van der Waals surface area (Å²) >= 11 is 0. The molecule has 0 saturated carbocycles. The Hall–Kier alpha value is -0.760. The molecular weight excluding hydrogens is 162 g/mol. The van der Waals surface area contributed by atoms with Crippen molar-refractivity contribution in [1.82, 2.24) is 4.57 Å². The maximum Gasteiger partial charge on any atom is 0.0531 e. The lowest BCUT2D eigenvalue weighted by Crippen LogP contribution is -2.14. The highest BCUT2D eigenvalue weighted by molar-refractivity contribution is 5.14. The number of hydrogen-bond donors (Lipinski definition) is 1. The number of nitrogens with zero attached hydrogens (tertiary/aromatic N) is 1. The third kappa shape index (κ3) is 2.34. The van der Waals surface area contributed by atoms with Crippen molar-refractivity contribution in [3.05, 3.63) is 23.5 Å². The highest BCUT2D eigenvalue weighted by Gasteiger charge is 2.11. The number of aromatic nitrogens is 1. The van der Waals surface area contributed by atoms with Crippen LogP contribution in [0.25, 0.3) is 0 Å². The zero-order valence-electron chi connectivity index (χ0n) is 8.91. The van der Waals surface area contributed by atoms with Gasteiger partial charge in [-0.2, -0.15) is 0 Å². The Balaban J connectivity index is 2.81. The van der Waals surface area contributed by atoms with Gasteiger partial charge in [-0.1, -0.05) is 0 Å². The summed E-state index contributed by atoms with van der Waals surface area (Å²) in [6, 6.07) is 4.62. The summed E-state index contributed by atoms with van der Waals surface area (Å²) in [6.45, 7) is 8.19. The average Bonchev–Trinajstić information content (AvgIpc) is 2.29. The van der Waals surface area contributed by atoms with Gasteiger partial charge >= 0.3 is 0 Å². The lowest BCUT2D eigenvalue weighted by atomic mass is 10.1. The molecule has 0 aliphatic carbocycles. The molecule has 2 heteroatoms. The van der Waals surface area contributed by atoms with Crippen molar-refractivity contribution in [3.63, 3.8) is 0 Å². The lowest BCUT2D eigenvalue weighted by Gasteiger charge is -2.19. The van der Waals surface area contributed by atoms with E-state index in [2.05, 4.69) is 37.5 Å². The first-order valence-electron chi connectivity index (χ1n) is 4.85. The smallest absolute Gasteiger partial charge is 0.0531 e. The zero-order chi connectivity index (χ0) is 10.0. The van der Waals surface area contributed by atoms with Crippen LogP contribution in [0.2, 0.25) is 0 Å². The van der Waals surface area contributed by atoms with Gasteiger partial charge in [-0.05, 0) is 46.2 Å². The van der Waals surface area contributed by atoms with Crippen LogP contribution in [0.4, 0.5) is 0 Å². The number of aryl methyl sites for hydroxylation is 2. The van der Waals surface area contributed by atoms with Gasteiger partial charge in [0.05, 0.1) is 6.10 Å². The molecule has 13 heavy (non-hydrogen) atoms. The van der Waals surface area contributed by atoms with Crippen molar-refractivity contribution in [2.24, 2.45) is 0 Å². The summed E-state index contributed by atoms with van der Waals surface area (Å²) in [4.78, 5) is 0. The molecule has 0 aliphatic rings. The molecule has 0 amide bonds. The Bertz CT molecular complexity index is 256. The summed E-state index contributed by atoms with van der Waals surface area (Å²) < 4.78 is 2.27. The molecule has 1 aromatic heterocycles. The lowest BCUT2D eigenvalue weighted by molar-refractivity contribution is 0.164. The summed E-state index contributed by atoms with van der Waals surface area (Å²) in [6.07, 6.45) is 0.590. The first-order valence-corrected chi connectivity index (χ1v) is 4.85. The number of aliphatic hydroxyl groups excluding tert-OH is 1. The molecule has 0 aliphatic heterocycles. The third-order valence-corrected chi connectivity index (χ3v) is 2.45. The fraction of sp³-hybridized carbons (Fsp3) is 0.636. The van der Waals surface area contributed by atoms with Crippen LogP contribution in [0.15, 0.2) is 12.1 Å². The normalized spacial score (nSPS) is 15.8. The fourth-order valence-corrected chi connectivity index (χ4v) is 1.97. The van der Waals surface area contributed by atoms with Gasteiger partial charge in [-0.3, -0.25) is 0 Å². The number of hydrogen-bond acceptors (Lipinski definition) is 1. The van der Waals surface area contributed by atoms with Crippen molar-refractivity contribution >= 4 is 0 Å². The van der Waals surface area contributed by atoms with Crippen LogP contribution < -0.4 is 0 Å². The van der Waals surface area contributed by atoms with E-state index in [1.807, 2.05) is 6.92 Å². The van der Waals surface area contributed by atoms with Crippen LogP contribution in [0, 0.1) is 13.8 Å². The minimum Gasteiger partial charge on any atom is -0.393 e. The quantitative estimate of drug-likeness (QED) is 0.761. The molecule has 2 unspecified atom stereocenters. The maximum atomic E-state index is 9.29. The molecule has 74 valence electrons. The molecule has 1 aromatic rings. The molecule has 0 radical (unpaired) electrons. The highest BCUT2D eigenvalue weighted by atomic mass is 16.3. The van der Waals surface area contributed by atoms with E-state index in [-0.39, 0.29) is 6.10 Å². The van der Waals surface area contributed by atoms with Crippen molar-refractivity contribution in [2.45, 2.75) is 46.3 Å². The van der Waals surface area contributed by atoms with Crippen molar-refractivity contribution in [2.75, 3.05) is 0 Å². The summed E-state index contributed by atoms with van der Waals surface area (Å²) in [5, 5.41) is 9.29. The van der Waals surface area contributed by atoms with E-state index in [1.165, 1.54) is 11.4 Å². The molecule has 2 nitrogen and oxygen atoms in total. The van der Waals surface area contributed by atoms with Gasteiger partial charge < -0.3 is 9.67 Å². The predicted octanol–water partition coefficient (Wildman–Crippen LogP) is 2.44. The van der Waals surface area contributed by atoms with E-state index in [4.69, 9.17) is 0 Å². The van der Waals surface area contributed by atoms with Gasteiger partial charge in [0.25, 0.3) is 0 Å². The highest BCUT2D eigenvalue weighted by Crippen LogP contribution is 2.19. The minimum atomic E-state index is -0.226. The van der Waals surface area contributed by atoms with Gasteiger partial charge in [0.2, 0.25) is 0 Å². The third-order valence-electron chi connectivity index (χ3n) is 2.45. The first kappa shape index (κ1) is 10.3. The molecule has 2 atom stereocenters. The Morgan fingerprint density at radius 3 is 2.08 bits per heavy atom. The average molecular weight is 181 g/mol. The Labute approximate surface area is 80.2 Å². The Morgan fingerprint density at radius 1 is 1.23 bits per heavy atom. The van der Waals surface area contributed by atoms with Gasteiger partial charge in [0.1, 0.15) is 0 Å². The van der Waals surface area contributed by atoms with Gasteiger partial charge in [0.15, 0.2) is 0 Å². The Kier molecular flexibility index (Phi) is 3.15. The first-order chi connectivity index (χ1) is 6.02. The van der Waals surface area contributed by atoms with Crippen LogP contribution in [0.1, 0.15) is 37.7 Å². The van der Waals surface area contributed by atoms with Crippen molar-refractivity contribution in [1.29, 1.82) is 0 Å². The topological polar surface area (TPSA) is 25.2 Å². The molecule has 1 N–H and O–H groups in total. The van der Waals surface area contributed by atoms with Crippen LogP contribution in [-0.4, -0.2) is 15.8 Å². The Morgan fingerprint density at radius 2 is 1.69 bits per heavy atom. The second-order valence-corrected chi connectivity index (χ2v) is 3.92. The van der Waals surface area contributed by atoms with Crippen molar-refractivity contribution in [3.8, 4) is 0 Å². The zero-order valence-corrected chi connectivity index (χ0v) is 8.91. The summed E-state index contributed by atoms with van der Waals surface area (Å²) in [5.41, 5.74) is 2.54. The molecule has 0 spiro atoms. The van der Waals surface area contributed by atoms with Gasteiger partial charge in [0, 0.05) is 17.4 Å². The van der Waals surface area contributed by atoms with Crippen LogP contribution in [0.5, 0.6) is 0 Å². The van der Waals surface area contributed by atoms with Crippen molar-refractivity contribution < 1.29 is 5.11 Å². The predicted molar refractivity (Wildman–Crippen MR) is 54.9 cm³/mol.